The molecule has 10 nitrogen and oxygen atoms in total. The van der Waals surface area contributed by atoms with E-state index in [1.807, 2.05) is 49.1 Å². The summed E-state index contributed by atoms with van der Waals surface area (Å²) in [5, 5.41) is 0. The molecule has 0 fully saturated rings. The van der Waals surface area contributed by atoms with Crippen LogP contribution < -0.4 is 9.13 Å². The lowest BCUT2D eigenvalue weighted by molar-refractivity contribution is -0.688. The molecule has 0 bridgehead atoms. The fraction of sp³-hybridized carbons (Fsp3) is 0.107. The molecule has 0 saturated heterocycles. The van der Waals surface area contributed by atoms with Crippen molar-refractivity contribution >= 4 is 15.2 Å². The van der Waals surface area contributed by atoms with Crippen LogP contribution in [0.1, 0.15) is 34.7 Å². The zero-order chi connectivity index (χ0) is 47.3. The monoisotopic (exact) mass is 936 g/mol. The molecule has 0 spiro atoms. The Morgan fingerprint density at radius 1 is 0.368 bits per heavy atom. The second kappa shape index (κ2) is 20.1. The average Bonchev–Trinajstić information content (AvgIpc) is 3.35. The minimum Gasteiger partial charge on any atom is -0.324 e. The van der Waals surface area contributed by atoms with Gasteiger partial charge in [-0.1, -0.05) is 153 Å². The van der Waals surface area contributed by atoms with Crippen LogP contribution in [0.25, 0.3) is 67.3 Å². The first-order chi connectivity index (χ1) is 32.8. The fourth-order valence-electron chi connectivity index (χ4n) is 8.19. The van der Waals surface area contributed by atoms with E-state index in [0.29, 0.717) is 30.0 Å². The summed E-state index contributed by atoms with van der Waals surface area (Å²) in [4.78, 5) is 47.3. The first kappa shape index (κ1) is 46.1. The summed E-state index contributed by atoms with van der Waals surface area (Å²) >= 11 is 0. The van der Waals surface area contributed by atoms with Crippen molar-refractivity contribution in [2.24, 2.45) is 0 Å². The third-order valence-electron chi connectivity index (χ3n) is 11.9. The molecule has 0 saturated carbocycles. The molecule has 0 aliphatic rings. The summed E-state index contributed by atoms with van der Waals surface area (Å²) in [5.41, 5.74) is 15.7. The Morgan fingerprint density at radius 3 is 0.971 bits per heavy atom. The molecule has 9 rings (SSSR count). The van der Waals surface area contributed by atoms with Crippen molar-refractivity contribution in [3.05, 3.63) is 229 Å². The fourth-order valence-corrected chi connectivity index (χ4v) is 9.56. The number of nitrogens with zero attached hydrogens (tertiary/aromatic N) is 4. The Balaban J connectivity index is 0.897. The summed E-state index contributed by atoms with van der Waals surface area (Å²) < 4.78 is 26.9. The molecule has 9 aromatic rings. The second-order valence-corrected chi connectivity index (χ2v) is 20.3. The summed E-state index contributed by atoms with van der Waals surface area (Å²) in [6.45, 7) is 3.43. The predicted molar refractivity (Wildman–Crippen MR) is 267 cm³/mol. The molecule has 0 radical (unpaired) electrons. The Morgan fingerprint density at radius 2 is 0.647 bits per heavy atom. The standard InChI is InChI=1S/C56H48N4O6P2/c1-2-40-11-13-53(14-12-40)56-57-54(35-55(58-56)52-25-21-48(22-26-52)50-29-33-60(34-30-50)37-42-5-9-44(10-6-42)39-68(64,65)66)51-23-19-46(20-24-51)45-15-17-47(18-16-45)49-27-31-59(32-28-49)36-41-3-7-43(8-4-41)38-67(61,62)63/h3-35H,2,36-39H2,1H3,(H2-2,61,62,63,64,65,66)/p+2. The molecule has 6 aromatic carbocycles. The van der Waals surface area contributed by atoms with Crippen LogP contribution in [0.15, 0.2) is 201 Å². The van der Waals surface area contributed by atoms with Crippen molar-refractivity contribution in [2.75, 3.05) is 0 Å². The van der Waals surface area contributed by atoms with Gasteiger partial charge in [-0.05, 0) is 62.6 Å². The SMILES string of the molecule is CCc1ccc(-c2nc(-c3ccc(-c4ccc(-c5cc[n+](Cc6ccc(CP(=O)(O)O)cc6)cc5)cc4)cc3)cc(-c3ccc(-c4cc[n+](Cc5ccc(CP(=O)(O)O)cc5)cc4)cc3)n2)cc1. The third-order valence-corrected chi connectivity index (χ3v) is 13.5. The summed E-state index contributed by atoms with van der Waals surface area (Å²) in [6.07, 6.45) is 8.58. The van der Waals surface area contributed by atoms with Gasteiger partial charge in [-0.2, -0.15) is 0 Å². The van der Waals surface area contributed by atoms with E-state index in [0.717, 1.165) is 79.0 Å². The molecule has 0 atom stereocenters. The van der Waals surface area contributed by atoms with E-state index in [2.05, 4.69) is 143 Å². The molecule has 0 aliphatic heterocycles. The van der Waals surface area contributed by atoms with Gasteiger partial charge in [0.2, 0.25) is 0 Å². The zero-order valence-electron chi connectivity index (χ0n) is 37.4. The molecule has 0 unspecified atom stereocenters. The highest BCUT2D eigenvalue weighted by Crippen LogP contribution is 2.40. The van der Waals surface area contributed by atoms with Crippen LogP contribution >= 0.6 is 15.2 Å². The van der Waals surface area contributed by atoms with Crippen LogP contribution in [0, 0.1) is 0 Å². The lowest BCUT2D eigenvalue weighted by atomic mass is 9.99. The maximum atomic E-state index is 11.4. The van der Waals surface area contributed by atoms with Crippen molar-refractivity contribution in [3.8, 4) is 67.3 Å². The Bertz CT molecular complexity index is 3250. The molecule has 4 N–H and O–H groups in total. The van der Waals surface area contributed by atoms with Gasteiger partial charge >= 0.3 is 15.2 Å². The predicted octanol–water partition coefficient (Wildman–Crippen LogP) is 11.1. The Kier molecular flexibility index (Phi) is 13.6. The minimum atomic E-state index is -4.11. The molecule has 338 valence electrons. The molecule has 3 heterocycles. The van der Waals surface area contributed by atoms with Gasteiger partial charge in [-0.15, -0.1) is 0 Å². The highest BCUT2D eigenvalue weighted by Gasteiger charge is 2.17. The number of aryl methyl sites for hydroxylation is 1. The second-order valence-electron chi connectivity index (χ2n) is 17.0. The van der Waals surface area contributed by atoms with E-state index in [1.165, 1.54) is 5.56 Å². The van der Waals surface area contributed by atoms with Gasteiger partial charge in [-0.25, -0.2) is 19.1 Å². The Labute approximate surface area is 395 Å². The zero-order valence-corrected chi connectivity index (χ0v) is 39.2. The van der Waals surface area contributed by atoms with E-state index in [-0.39, 0.29) is 12.3 Å². The van der Waals surface area contributed by atoms with Crippen LogP contribution in [0.5, 0.6) is 0 Å². The smallest absolute Gasteiger partial charge is 0.324 e. The van der Waals surface area contributed by atoms with E-state index in [4.69, 9.17) is 9.97 Å². The van der Waals surface area contributed by atoms with Gasteiger partial charge in [0.25, 0.3) is 0 Å². The molecular formula is C56H50N4O6P2+2. The van der Waals surface area contributed by atoms with Crippen LogP contribution in [0.4, 0.5) is 0 Å². The highest BCUT2D eigenvalue weighted by molar-refractivity contribution is 7.51. The number of hydrogen-bond donors (Lipinski definition) is 4. The number of hydrogen-bond acceptors (Lipinski definition) is 4. The lowest BCUT2D eigenvalue weighted by Crippen LogP contribution is -2.32. The highest BCUT2D eigenvalue weighted by atomic mass is 31.2. The van der Waals surface area contributed by atoms with Crippen molar-refractivity contribution in [1.29, 1.82) is 0 Å². The number of aromatic nitrogens is 4. The van der Waals surface area contributed by atoms with Gasteiger partial charge in [0.15, 0.2) is 43.7 Å². The van der Waals surface area contributed by atoms with Crippen LogP contribution in [-0.4, -0.2) is 29.5 Å². The van der Waals surface area contributed by atoms with Crippen LogP contribution in [0.2, 0.25) is 0 Å². The van der Waals surface area contributed by atoms with Crippen LogP contribution in [-0.2, 0) is 41.0 Å². The summed E-state index contributed by atoms with van der Waals surface area (Å²) in [5.74, 6) is 0.661. The van der Waals surface area contributed by atoms with E-state index in [1.54, 1.807) is 24.3 Å². The van der Waals surface area contributed by atoms with Crippen molar-refractivity contribution < 1.29 is 37.8 Å². The first-order valence-electron chi connectivity index (χ1n) is 22.3. The maximum Gasteiger partial charge on any atom is 0.329 e. The van der Waals surface area contributed by atoms with E-state index >= 15 is 0 Å². The van der Waals surface area contributed by atoms with Gasteiger partial charge in [0.05, 0.1) is 23.7 Å². The van der Waals surface area contributed by atoms with E-state index < -0.39 is 15.2 Å². The average molecular weight is 937 g/mol. The Hall–Kier alpha value is -7.00. The maximum absolute atomic E-state index is 11.4. The molecular weight excluding hydrogens is 887 g/mol. The quantitative estimate of drug-likeness (QED) is 0.0586. The number of pyridine rings is 2. The van der Waals surface area contributed by atoms with Gasteiger partial charge in [0.1, 0.15) is 0 Å². The van der Waals surface area contributed by atoms with Gasteiger partial charge in [0, 0.05) is 52.1 Å². The van der Waals surface area contributed by atoms with Gasteiger partial charge < -0.3 is 19.6 Å². The van der Waals surface area contributed by atoms with Gasteiger partial charge in [-0.3, -0.25) is 9.13 Å². The molecule has 12 heteroatoms. The van der Waals surface area contributed by atoms with Crippen molar-refractivity contribution in [1.82, 2.24) is 9.97 Å². The van der Waals surface area contributed by atoms with Crippen LogP contribution in [0.3, 0.4) is 0 Å². The number of rotatable bonds is 15. The topological polar surface area (TPSA) is 149 Å². The summed E-state index contributed by atoms with van der Waals surface area (Å²) in [7, 11) is -8.20. The van der Waals surface area contributed by atoms with Crippen molar-refractivity contribution in [3.63, 3.8) is 0 Å². The number of benzene rings is 6. The first-order valence-corrected chi connectivity index (χ1v) is 25.9. The molecule has 0 amide bonds. The van der Waals surface area contributed by atoms with Crippen molar-refractivity contribution in [2.45, 2.75) is 38.8 Å². The third kappa shape index (κ3) is 11.9. The largest absolute Gasteiger partial charge is 0.329 e. The lowest BCUT2D eigenvalue weighted by Gasteiger charge is -2.11. The van der Waals surface area contributed by atoms with E-state index in [9.17, 15) is 28.7 Å². The molecule has 3 aromatic heterocycles. The molecule has 0 aliphatic carbocycles. The normalized spacial score (nSPS) is 11.7. The summed E-state index contributed by atoms with van der Waals surface area (Å²) in [6, 6.07) is 59.1. The molecule has 68 heavy (non-hydrogen) atoms. The minimum absolute atomic E-state index is 0.257.